The first-order valence-electron chi connectivity index (χ1n) is 7.11. The molecule has 5 heteroatoms. The van der Waals surface area contributed by atoms with Crippen LogP contribution in [0.3, 0.4) is 0 Å². The maximum atomic E-state index is 12.2. The summed E-state index contributed by atoms with van der Waals surface area (Å²) in [6.45, 7) is 1.88. The van der Waals surface area contributed by atoms with Gasteiger partial charge in [-0.15, -0.1) is 0 Å². The molecule has 0 spiro atoms. The zero-order chi connectivity index (χ0) is 15.2. The molecule has 1 fully saturated rings. The summed E-state index contributed by atoms with van der Waals surface area (Å²) >= 11 is 0. The lowest BCUT2D eigenvalue weighted by Gasteiger charge is -2.22. The molecule has 1 aromatic carbocycles. The number of nitrogens with zero attached hydrogens (tertiary/aromatic N) is 1. The second-order valence-electron chi connectivity index (χ2n) is 5.27. The van der Waals surface area contributed by atoms with E-state index in [0.29, 0.717) is 12.7 Å². The summed E-state index contributed by atoms with van der Waals surface area (Å²) < 4.78 is 4.99. The van der Waals surface area contributed by atoms with Gasteiger partial charge in [-0.2, -0.15) is 0 Å². The molecule has 112 valence electrons. The van der Waals surface area contributed by atoms with Gasteiger partial charge in [-0.25, -0.2) is 9.69 Å². The number of aldehydes is 1. The van der Waals surface area contributed by atoms with Crippen molar-refractivity contribution in [1.82, 2.24) is 4.90 Å². The average molecular weight is 289 g/mol. The Balaban J connectivity index is 1.99. The molecule has 2 atom stereocenters. The van der Waals surface area contributed by atoms with Crippen LogP contribution in [0.25, 0.3) is 0 Å². The molecule has 1 aliphatic rings. The SMILES string of the molecule is C[C@H](CC=O)C(=O)N1C(=O)OC[C@H]1CCc1ccccc1. The van der Waals surface area contributed by atoms with Crippen LogP contribution in [0.4, 0.5) is 4.79 Å². The number of hydrogen-bond acceptors (Lipinski definition) is 4. The average Bonchev–Trinajstić information content (AvgIpc) is 2.86. The minimum absolute atomic E-state index is 0.119. The lowest BCUT2D eigenvalue weighted by atomic mass is 10.0. The summed E-state index contributed by atoms with van der Waals surface area (Å²) in [4.78, 5) is 35.7. The molecule has 0 aromatic heterocycles. The fraction of sp³-hybridized carbons (Fsp3) is 0.438. The van der Waals surface area contributed by atoms with E-state index in [1.165, 1.54) is 4.90 Å². The molecule has 1 saturated heterocycles. The lowest BCUT2D eigenvalue weighted by Crippen LogP contribution is -2.42. The maximum Gasteiger partial charge on any atom is 0.416 e. The van der Waals surface area contributed by atoms with E-state index >= 15 is 0 Å². The van der Waals surface area contributed by atoms with Crippen molar-refractivity contribution in [3.63, 3.8) is 0 Å². The van der Waals surface area contributed by atoms with Crippen LogP contribution in [0.15, 0.2) is 30.3 Å². The van der Waals surface area contributed by atoms with Crippen molar-refractivity contribution in [3.8, 4) is 0 Å². The van der Waals surface area contributed by atoms with Crippen molar-refractivity contribution in [3.05, 3.63) is 35.9 Å². The minimum atomic E-state index is -0.601. The van der Waals surface area contributed by atoms with Gasteiger partial charge in [0.15, 0.2) is 0 Å². The summed E-state index contributed by atoms with van der Waals surface area (Å²) in [5.41, 5.74) is 1.16. The summed E-state index contributed by atoms with van der Waals surface area (Å²) in [6.07, 6.45) is 1.65. The number of ether oxygens (including phenoxy) is 1. The maximum absolute atomic E-state index is 12.2. The van der Waals surface area contributed by atoms with E-state index in [2.05, 4.69) is 0 Å². The van der Waals surface area contributed by atoms with Crippen molar-refractivity contribution in [2.24, 2.45) is 5.92 Å². The normalized spacial score (nSPS) is 19.2. The van der Waals surface area contributed by atoms with Crippen LogP contribution in [0.2, 0.25) is 0 Å². The monoisotopic (exact) mass is 289 g/mol. The summed E-state index contributed by atoms with van der Waals surface area (Å²) in [6, 6.07) is 9.64. The Hall–Kier alpha value is -2.17. The van der Waals surface area contributed by atoms with Crippen LogP contribution in [0, 0.1) is 5.92 Å². The molecule has 1 heterocycles. The Labute approximate surface area is 123 Å². The third kappa shape index (κ3) is 3.68. The lowest BCUT2D eigenvalue weighted by molar-refractivity contribution is -0.134. The highest BCUT2D eigenvalue weighted by Crippen LogP contribution is 2.21. The quantitative estimate of drug-likeness (QED) is 0.753. The van der Waals surface area contributed by atoms with Gasteiger partial charge in [0.05, 0.1) is 6.04 Å². The first kappa shape index (κ1) is 15.2. The number of imide groups is 1. The molecule has 1 aliphatic heterocycles. The van der Waals surface area contributed by atoms with Gasteiger partial charge < -0.3 is 9.53 Å². The third-order valence-electron chi connectivity index (χ3n) is 3.68. The highest BCUT2D eigenvalue weighted by Gasteiger charge is 2.39. The largest absolute Gasteiger partial charge is 0.447 e. The number of carbonyl (C=O) groups is 3. The molecular formula is C16H19NO4. The van der Waals surface area contributed by atoms with Gasteiger partial charge in [0.1, 0.15) is 12.9 Å². The molecule has 0 saturated carbocycles. The number of hydrogen-bond donors (Lipinski definition) is 0. The molecule has 5 nitrogen and oxygen atoms in total. The van der Waals surface area contributed by atoms with Gasteiger partial charge in [0.2, 0.25) is 5.91 Å². The van der Waals surface area contributed by atoms with Gasteiger partial charge in [-0.05, 0) is 18.4 Å². The Kier molecular flexibility index (Phi) is 5.09. The van der Waals surface area contributed by atoms with Crippen LogP contribution < -0.4 is 0 Å². The van der Waals surface area contributed by atoms with E-state index < -0.39 is 12.0 Å². The molecule has 21 heavy (non-hydrogen) atoms. The van der Waals surface area contributed by atoms with Crippen molar-refractivity contribution in [1.29, 1.82) is 0 Å². The van der Waals surface area contributed by atoms with Crippen molar-refractivity contribution in [2.45, 2.75) is 32.2 Å². The zero-order valence-electron chi connectivity index (χ0n) is 12.0. The molecule has 0 radical (unpaired) electrons. The first-order valence-corrected chi connectivity index (χ1v) is 7.11. The molecule has 0 bridgehead atoms. The number of amides is 2. The molecule has 2 rings (SSSR count). The predicted molar refractivity (Wildman–Crippen MR) is 76.6 cm³/mol. The molecule has 0 unspecified atom stereocenters. The van der Waals surface area contributed by atoms with Gasteiger partial charge in [-0.3, -0.25) is 4.79 Å². The fourth-order valence-electron chi connectivity index (χ4n) is 2.40. The van der Waals surface area contributed by atoms with E-state index in [0.717, 1.165) is 12.0 Å². The number of carbonyl (C=O) groups excluding carboxylic acids is 3. The Bertz CT molecular complexity index is 514. The van der Waals surface area contributed by atoms with E-state index in [1.54, 1.807) is 6.92 Å². The summed E-state index contributed by atoms with van der Waals surface area (Å²) in [5.74, 6) is -0.824. The van der Waals surface area contributed by atoms with Crippen LogP contribution >= 0.6 is 0 Å². The fourth-order valence-corrected chi connectivity index (χ4v) is 2.40. The number of rotatable bonds is 6. The standard InChI is InChI=1S/C16H19NO4/c1-12(9-10-18)15(19)17-14(11-21-16(17)20)8-7-13-5-3-2-4-6-13/h2-6,10,12,14H,7-9,11H2,1H3/t12-,14-/m1/s1. The number of benzene rings is 1. The van der Waals surface area contributed by atoms with Gasteiger partial charge in [0, 0.05) is 12.3 Å². The highest BCUT2D eigenvalue weighted by molar-refractivity contribution is 5.95. The molecule has 2 amide bonds. The molecule has 0 N–H and O–H groups in total. The van der Waals surface area contributed by atoms with Gasteiger partial charge in [-0.1, -0.05) is 37.3 Å². The Morgan fingerprint density at radius 2 is 2.14 bits per heavy atom. The van der Waals surface area contributed by atoms with Crippen LogP contribution in [-0.4, -0.2) is 35.8 Å². The molecule has 0 aliphatic carbocycles. The van der Waals surface area contributed by atoms with E-state index in [9.17, 15) is 14.4 Å². The van der Waals surface area contributed by atoms with E-state index in [4.69, 9.17) is 4.74 Å². The summed E-state index contributed by atoms with van der Waals surface area (Å²) in [7, 11) is 0. The van der Waals surface area contributed by atoms with Crippen LogP contribution in [-0.2, 0) is 20.7 Å². The van der Waals surface area contributed by atoms with E-state index in [-0.39, 0.29) is 25.0 Å². The summed E-state index contributed by atoms with van der Waals surface area (Å²) in [5, 5.41) is 0. The van der Waals surface area contributed by atoms with Gasteiger partial charge >= 0.3 is 6.09 Å². The number of aryl methyl sites for hydroxylation is 1. The second kappa shape index (κ2) is 7.02. The Morgan fingerprint density at radius 1 is 1.43 bits per heavy atom. The highest BCUT2D eigenvalue weighted by atomic mass is 16.6. The van der Waals surface area contributed by atoms with Crippen LogP contribution in [0.1, 0.15) is 25.3 Å². The first-order chi connectivity index (χ1) is 10.1. The zero-order valence-corrected chi connectivity index (χ0v) is 12.0. The van der Waals surface area contributed by atoms with Crippen molar-refractivity contribution < 1.29 is 19.1 Å². The van der Waals surface area contributed by atoms with Gasteiger partial charge in [0.25, 0.3) is 0 Å². The Morgan fingerprint density at radius 3 is 2.81 bits per heavy atom. The number of cyclic esters (lactones) is 1. The third-order valence-corrected chi connectivity index (χ3v) is 3.68. The van der Waals surface area contributed by atoms with Crippen molar-refractivity contribution in [2.75, 3.05) is 6.61 Å². The smallest absolute Gasteiger partial charge is 0.416 e. The second-order valence-corrected chi connectivity index (χ2v) is 5.27. The van der Waals surface area contributed by atoms with E-state index in [1.807, 2.05) is 30.3 Å². The topological polar surface area (TPSA) is 63.7 Å². The van der Waals surface area contributed by atoms with Crippen molar-refractivity contribution >= 4 is 18.3 Å². The predicted octanol–water partition coefficient (Wildman–Crippen LogP) is 2.19. The molecule has 1 aromatic rings. The minimum Gasteiger partial charge on any atom is -0.447 e. The molecular weight excluding hydrogens is 270 g/mol. The van der Waals surface area contributed by atoms with Crippen LogP contribution in [0.5, 0.6) is 0 Å².